The molecule has 2 aromatic rings. The smallest absolute Gasteiger partial charge is 0.204 e. The van der Waals surface area contributed by atoms with Crippen molar-refractivity contribution in [3.63, 3.8) is 0 Å². The number of ether oxygens (including phenoxy) is 4. The normalized spacial score (nSPS) is 10.0. The molecule has 0 N–H and O–H groups in total. The Morgan fingerprint density at radius 2 is 1.36 bits per heavy atom. The molecule has 2 aromatic carbocycles. The maximum absolute atomic E-state index is 10.8. The summed E-state index contributed by atoms with van der Waals surface area (Å²) in [5, 5.41) is 0. The summed E-state index contributed by atoms with van der Waals surface area (Å²) >= 11 is 0. The molecule has 0 bridgehead atoms. The lowest BCUT2D eigenvalue weighted by Gasteiger charge is -2.19. The Labute approximate surface area is 129 Å². The predicted molar refractivity (Wildman–Crippen MR) is 83.5 cm³/mol. The fraction of sp³-hybridized carbons (Fsp3) is 0.235. The van der Waals surface area contributed by atoms with Crippen LogP contribution < -0.4 is 18.9 Å². The molecule has 2 rings (SSSR count). The maximum Gasteiger partial charge on any atom is 0.204 e. The molecule has 0 saturated carbocycles. The summed E-state index contributed by atoms with van der Waals surface area (Å²) < 4.78 is 21.7. The van der Waals surface area contributed by atoms with Gasteiger partial charge in [0.05, 0.1) is 34.0 Å². The molecule has 116 valence electrons. The molecule has 0 aliphatic carbocycles. The minimum atomic E-state index is 0.486. The van der Waals surface area contributed by atoms with Crippen LogP contribution in [0.3, 0.4) is 0 Å². The average molecular weight is 302 g/mol. The predicted octanol–water partition coefficient (Wildman–Crippen LogP) is 3.20. The lowest BCUT2D eigenvalue weighted by atomic mass is 10.0. The van der Waals surface area contributed by atoms with Crippen LogP contribution >= 0.6 is 0 Å². The Balaban J connectivity index is 2.73. The van der Waals surface area contributed by atoms with Crippen LogP contribution in [0.4, 0.5) is 0 Å². The van der Waals surface area contributed by atoms with Crippen molar-refractivity contribution < 1.29 is 23.7 Å². The number of carbonyl (C=O) groups excluding carboxylic acids is 1. The van der Waals surface area contributed by atoms with E-state index in [-0.39, 0.29) is 0 Å². The molecule has 0 unspecified atom stereocenters. The van der Waals surface area contributed by atoms with Gasteiger partial charge < -0.3 is 18.9 Å². The van der Waals surface area contributed by atoms with Gasteiger partial charge in [0.1, 0.15) is 12.0 Å². The van der Waals surface area contributed by atoms with Crippen molar-refractivity contribution in [1.29, 1.82) is 0 Å². The molecule has 0 amide bonds. The van der Waals surface area contributed by atoms with Crippen LogP contribution in [-0.2, 0) is 0 Å². The highest BCUT2D eigenvalue weighted by atomic mass is 16.5. The van der Waals surface area contributed by atoms with Gasteiger partial charge in [-0.2, -0.15) is 0 Å². The van der Waals surface area contributed by atoms with Crippen molar-refractivity contribution in [2.75, 3.05) is 28.4 Å². The van der Waals surface area contributed by atoms with Gasteiger partial charge in [0.2, 0.25) is 5.75 Å². The Kier molecular flexibility index (Phi) is 4.88. The molecule has 0 heterocycles. The number of rotatable bonds is 6. The molecular weight excluding hydrogens is 284 g/mol. The van der Waals surface area contributed by atoms with Crippen LogP contribution in [0.25, 0.3) is 11.1 Å². The number of aldehydes is 1. The van der Waals surface area contributed by atoms with E-state index in [1.165, 1.54) is 0 Å². The van der Waals surface area contributed by atoms with Gasteiger partial charge in [-0.25, -0.2) is 0 Å². The lowest BCUT2D eigenvalue weighted by Crippen LogP contribution is -1.99. The highest BCUT2D eigenvalue weighted by molar-refractivity contribution is 5.84. The molecule has 0 atom stereocenters. The Morgan fingerprint density at radius 1 is 0.773 bits per heavy atom. The summed E-state index contributed by atoms with van der Waals surface area (Å²) in [6.07, 6.45) is 0.798. The molecule has 0 radical (unpaired) electrons. The molecule has 0 aliphatic heterocycles. The quantitative estimate of drug-likeness (QED) is 0.767. The molecule has 0 aromatic heterocycles. The largest absolute Gasteiger partial charge is 0.496 e. The minimum Gasteiger partial charge on any atom is -0.496 e. The fourth-order valence-corrected chi connectivity index (χ4v) is 2.30. The van der Waals surface area contributed by atoms with Gasteiger partial charge in [-0.15, -0.1) is 0 Å². The zero-order valence-corrected chi connectivity index (χ0v) is 13.0. The average Bonchev–Trinajstić information content (AvgIpc) is 2.59. The summed E-state index contributed by atoms with van der Waals surface area (Å²) in [7, 11) is 6.23. The third kappa shape index (κ3) is 2.70. The van der Waals surface area contributed by atoms with E-state index >= 15 is 0 Å². The van der Waals surface area contributed by atoms with Crippen molar-refractivity contribution in [2.45, 2.75) is 0 Å². The molecule has 0 fully saturated rings. The van der Waals surface area contributed by atoms with E-state index in [0.717, 1.165) is 17.4 Å². The number of hydrogen-bond acceptors (Lipinski definition) is 5. The van der Waals surface area contributed by atoms with Crippen molar-refractivity contribution >= 4 is 6.29 Å². The van der Waals surface area contributed by atoms with Gasteiger partial charge in [-0.3, -0.25) is 4.79 Å². The summed E-state index contributed by atoms with van der Waals surface area (Å²) in [5.41, 5.74) is 2.18. The monoisotopic (exact) mass is 302 g/mol. The van der Waals surface area contributed by atoms with E-state index in [9.17, 15) is 4.79 Å². The second kappa shape index (κ2) is 6.85. The van der Waals surface area contributed by atoms with Gasteiger partial charge in [0.25, 0.3) is 0 Å². The van der Waals surface area contributed by atoms with Crippen LogP contribution in [0.1, 0.15) is 10.4 Å². The number of hydrogen-bond donors (Lipinski definition) is 0. The Bertz CT molecular complexity index is 662. The van der Waals surface area contributed by atoms with Crippen molar-refractivity contribution in [3.05, 3.63) is 35.9 Å². The first kappa shape index (κ1) is 15.7. The SMILES string of the molecule is COc1cc(OC)c(-c2ccc(C=O)cc2)c(OC)c1OC. The number of benzene rings is 2. The van der Waals surface area contributed by atoms with Crippen LogP contribution in [0.15, 0.2) is 30.3 Å². The Morgan fingerprint density at radius 3 is 1.82 bits per heavy atom. The topological polar surface area (TPSA) is 54.0 Å². The third-order valence-electron chi connectivity index (χ3n) is 3.35. The van der Waals surface area contributed by atoms with Crippen LogP contribution in [-0.4, -0.2) is 34.7 Å². The summed E-state index contributed by atoms with van der Waals surface area (Å²) in [6.45, 7) is 0. The van der Waals surface area contributed by atoms with Gasteiger partial charge in [-0.1, -0.05) is 24.3 Å². The zero-order chi connectivity index (χ0) is 16.1. The molecule has 5 heteroatoms. The van der Waals surface area contributed by atoms with E-state index in [4.69, 9.17) is 18.9 Å². The van der Waals surface area contributed by atoms with Crippen molar-refractivity contribution in [1.82, 2.24) is 0 Å². The van der Waals surface area contributed by atoms with E-state index in [0.29, 0.717) is 28.6 Å². The van der Waals surface area contributed by atoms with Gasteiger partial charge in [0.15, 0.2) is 11.5 Å². The Hall–Kier alpha value is -2.69. The summed E-state index contributed by atoms with van der Waals surface area (Å²) in [4.78, 5) is 10.8. The summed E-state index contributed by atoms with van der Waals surface area (Å²) in [5.74, 6) is 2.11. The number of carbonyl (C=O) groups is 1. The van der Waals surface area contributed by atoms with Crippen molar-refractivity contribution in [2.24, 2.45) is 0 Å². The molecule has 5 nitrogen and oxygen atoms in total. The first-order chi connectivity index (χ1) is 10.7. The van der Waals surface area contributed by atoms with Gasteiger partial charge in [0, 0.05) is 11.6 Å². The second-order valence-electron chi connectivity index (χ2n) is 4.46. The van der Waals surface area contributed by atoms with Gasteiger partial charge >= 0.3 is 0 Å². The zero-order valence-electron chi connectivity index (χ0n) is 13.0. The maximum atomic E-state index is 10.8. The minimum absolute atomic E-state index is 0.486. The molecule has 0 saturated heterocycles. The van der Waals surface area contributed by atoms with E-state index < -0.39 is 0 Å². The number of methoxy groups -OCH3 is 4. The third-order valence-corrected chi connectivity index (χ3v) is 3.35. The fourth-order valence-electron chi connectivity index (χ4n) is 2.30. The van der Waals surface area contributed by atoms with E-state index in [2.05, 4.69) is 0 Å². The summed E-state index contributed by atoms with van der Waals surface area (Å²) in [6, 6.07) is 8.87. The first-order valence-corrected chi connectivity index (χ1v) is 6.62. The highest BCUT2D eigenvalue weighted by Gasteiger charge is 2.22. The van der Waals surface area contributed by atoms with E-state index in [1.54, 1.807) is 46.6 Å². The van der Waals surface area contributed by atoms with Crippen LogP contribution in [0.5, 0.6) is 23.0 Å². The second-order valence-corrected chi connectivity index (χ2v) is 4.46. The standard InChI is InChI=1S/C17H18O5/c1-19-13-9-14(20-2)16(21-3)17(22-4)15(13)12-7-5-11(10-18)6-8-12/h5-10H,1-4H3. The molecule has 22 heavy (non-hydrogen) atoms. The molecule has 0 spiro atoms. The van der Waals surface area contributed by atoms with Crippen LogP contribution in [0.2, 0.25) is 0 Å². The van der Waals surface area contributed by atoms with Crippen LogP contribution in [0, 0.1) is 0 Å². The first-order valence-electron chi connectivity index (χ1n) is 6.62. The lowest BCUT2D eigenvalue weighted by molar-refractivity contribution is 0.112. The molecular formula is C17H18O5. The van der Waals surface area contributed by atoms with Crippen molar-refractivity contribution in [3.8, 4) is 34.1 Å². The van der Waals surface area contributed by atoms with Gasteiger partial charge in [-0.05, 0) is 5.56 Å². The van der Waals surface area contributed by atoms with E-state index in [1.807, 2.05) is 12.1 Å². The highest BCUT2D eigenvalue weighted by Crippen LogP contribution is 2.49. The molecule has 0 aliphatic rings.